The Kier molecular flexibility index (Phi) is 4.55. The minimum Gasteiger partial charge on any atom is -0.472 e. The van der Waals surface area contributed by atoms with Gasteiger partial charge in [-0.3, -0.25) is 9.59 Å². The second kappa shape index (κ2) is 6.99. The average molecular weight is 416 g/mol. The van der Waals surface area contributed by atoms with Crippen LogP contribution in [0.4, 0.5) is 0 Å². The predicted molar refractivity (Wildman–Crippen MR) is 101 cm³/mol. The van der Waals surface area contributed by atoms with Crippen molar-refractivity contribution in [3.8, 4) is 0 Å². The summed E-state index contributed by atoms with van der Waals surface area (Å²) in [5, 5.41) is 4.06. The molecule has 3 heterocycles. The molecule has 0 radical (unpaired) electrons. The highest BCUT2D eigenvalue weighted by Gasteiger charge is 2.26. The van der Waals surface area contributed by atoms with Crippen molar-refractivity contribution in [3.05, 3.63) is 58.6 Å². The number of benzene rings is 1. The molecule has 7 heteroatoms. The van der Waals surface area contributed by atoms with Crippen molar-refractivity contribution in [2.75, 3.05) is 13.1 Å². The number of piperidine rings is 1. The van der Waals surface area contributed by atoms with E-state index in [0.717, 1.165) is 28.2 Å². The molecule has 0 bridgehead atoms. The lowest BCUT2D eigenvalue weighted by molar-refractivity contribution is 0.0697. The molecule has 6 nitrogen and oxygen atoms in total. The molecule has 0 saturated carbocycles. The number of aromatic amines is 1. The number of aromatic nitrogens is 1. The van der Waals surface area contributed by atoms with Gasteiger partial charge in [-0.25, -0.2) is 0 Å². The lowest BCUT2D eigenvalue weighted by atomic mass is 10.0. The molecule has 0 atom stereocenters. The first-order valence-corrected chi connectivity index (χ1v) is 9.31. The highest BCUT2D eigenvalue weighted by Crippen LogP contribution is 2.28. The predicted octanol–water partition coefficient (Wildman–Crippen LogP) is 3.56. The largest absolute Gasteiger partial charge is 0.472 e. The molecule has 2 N–H and O–H groups in total. The van der Waals surface area contributed by atoms with Crippen molar-refractivity contribution in [2.24, 2.45) is 0 Å². The molecular formula is C19H18BrN3O3. The number of carbonyl (C=O) groups excluding carboxylic acids is 2. The Bertz CT molecular complexity index is 940. The van der Waals surface area contributed by atoms with Crippen LogP contribution in [-0.4, -0.2) is 40.8 Å². The molecule has 26 heavy (non-hydrogen) atoms. The van der Waals surface area contributed by atoms with Crippen LogP contribution in [0, 0.1) is 0 Å². The van der Waals surface area contributed by atoms with Gasteiger partial charge in [-0.2, -0.15) is 0 Å². The molecular weight excluding hydrogens is 398 g/mol. The molecule has 4 rings (SSSR count). The Morgan fingerprint density at radius 2 is 1.96 bits per heavy atom. The molecule has 2 amide bonds. The number of nitrogens with zero attached hydrogens (tertiary/aromatic N) is 1. The number of para-hydroxylation sites is 1. The average Bonchev–Trinajstić information content (AvgIpc) is 3.31. The highest BCUT2D eigenvalue weighted by molar-refractivity contribution is 9.10. The number of halogens is 1. The fraction of sp³-hybridized carbons (Fsp3) is 0.263. The summed E-state index contributed by atoms with van der Waals surface area (Å²) in [7, 11) is 0. The van der Waals surface area contributed by atoms with Crippen molar-refractivity contribution in [2.45, 2.75) is 18.9 Å². The Hall–Kier alpha value is -2.54. The maximum atomic E-state index is 12.6. The molecule has 1 fully saturated rings. The second-order valence-corrected chi connectivity index (χ2v) is 7.20. The fourth-order valence-electron chi connectivity index (χ4n) is 3.32. The minimum absolute atomic E-state index is 0.0260. The number of likely N-dealkylation sites (tertiary alicyclic amines) is 1. The fourth-order valence-corrected chi connectivity index (χ4v) is 3.94. The van der Waals surface area contributed by atoms with Gasteiger partial charge in [-0.15, -0.1) is 0 Å². The van der Waals surface area contributed by atoms with Crippen LogP contribution in [0.1, 0.15) is 33.7 Å². The first-order valence-electron chi connectivity index (χ1n) is 8.52. The molecule has 0 aliphatic carbocycles. The Balaban J connectivity index is 1.38. The smallest absolute Gasteiger partial charge is 0.269 e. The molecule has 0 spiro atoms. The molecule has 1 aliphatic heterocycles. The second-order valence-electron chi connectivity index (χ2n) is 6.41. The van der Waals surface area contributed by atoms with E-state index in [1.165, 1.54) is 12.5 Å². The van der Waals surface area contributed by atoms with Gasteiger partial charge in [0, 0.05) is 30.0 Å². The van der Waals surface area contributed by atoms with Gasteiger partial charge in [0.15, 0.2) is 0 Å². The standard InChI is InChI=1S/C19H18BrN3O3/c20-16-14-3-1-2-4-15(14)22-17(16)18(24)21-13-5-8-23(9-6-13)19(25)12-7-10-26-11-12/h1-4,7,10-11,13,22H,5-6,8-9H2,(H,21,24). The van der Waals surface area contributed by atoms with E-state index in [0.29, 0.717) is 24.3 Å². The number of hydrogen-bond donors (Lipinski definition) is 2. The lowest BCUT2D eigenvalue weighted by Crippen LogP contribution is -2.46. The molecule has 1 saturated heterocycles. The number of amides is 2. The lowest BCUT2D eigenvalue weighted by Gasteiger charge is -2.32. The van der Waals surface area contributed by atoms with Crippen LogP contribution in [0.3, 0.4) is 0 Å². The molecule has 134 valence electrons. The number of H-pyrrole nitrogens is 1. The maximum Gasteiger partial charge on any atom is 0.269 e. The summed E-state index contributed by atoms with van der Waals surface area (Å²) >= 11 is 3.51. The number of rotatable bonds is 3. The van der Waals surface area contributed by atoms with E-state index in [9.17, 15) is 9.59 Å². The van der Waals surface area contributed by atoms with Crippen molar-refractivity contribution >= 4 is 38.6 Å². The Morgan fingerprint density at radius 3 is 2.65 bits per heavy atom. The van der Waals surface area contributed by atoms with Crippen molar-refractivity contribution < 1.29 is 14.0 Å². The topological polar surface area (TPSA) is 78.3 Å². The third kappa shape index (κ3) is 3.14. The van der Waals surface area contributed by atoms with E-state index >= 15 is 0 Å². The minimum atomic E-state index is -0.132. The Labute approximate surface area is 158 Å². The summed E-state index contributed by atoms with van der Waals surface area (Å²) in [6.45, 7) is 1.23. The summed E-state index contributed by atoms with van der Waals surface area (Å²) < 4.78 is 5.75. The van der Waals surface area contributed by atoms with E-state index in [1.807, 2.05) is 24.3 Å². The maximum absolute atomic E-state index is 12.6. The van der Waals surface area contributed by atoms with Crippen LogP contribution in [0.25, 0.3) is 10.9 Å². The zero-order valence-corrected chi connectivity index (χ0v) is 15.6. The monoisotopic (exact) mass is 415 g/mol. The summed E-state index contributed by atoms with van der Waals surface area (Å²) in [4.78, 5) is 29.9. The first-order chi connectivity index (χ1) is 12.6. The molecule has 2 aromatic heterocycles. The zero-order chi connectivity index (χ0) is 18.1. The van der Waals surface area contributed by atoms with Crippen LogP contribution in [0.15, 0.2) is 51.7 Å². The van der Waals surface area contributed by atoms with E-state index in [-0.39, 0.29) is 17.9 Å². The van der Waals surface area contributed by atoms with Gasteiger partial charge in [0.1, 0.15) is 12.0 Å². The zero-order valence-electron chi connectivity index (χ0n) is 14.0. The van der Waals surface area contributed by atoms with Crippen LogP contribution in [0.5, 0.6) is 0 Å². The molecule has 1 aromatic carbocycles. The number of fused-ring (bicyclic) bond motifs is 1. The summed E-state index contributed by atoms with van der Waals surface area (Å²) in [5.41, 5.74) is 2.02. The van der Waals surface area contributed by atoms with E-state index in [4.69, 9.17) is 4.42 Å². The van der Waals surface area contributed by atoms with Gasteiger partial charge in [-0.05, 0) is 40.9 Å². The molecule has 0 unspecified atom stereocenters. The summed E-state index contributed by atoms with van der Waals surface area (Å²) in [6.07, 6.45) is 4.42. The van der Waals surface area contributed by atoms with Crippen LogP contribution >= 0.6 is 15.9 Å². The summed E-state index contributed by atoms with van der Waals surface area (Å²) in [5.74, 6) is -0.158. The van der Waals surface area contributed by atoms with Gasteiger partial charge in [0.05, 0.1) is 16.3 Å². The van der Waals surface area contributed by atoms with Crippen molar-refractivity contribution in [1.82, 2.24) is 15.2 Å². The third-order valence-electron chi connectivity index (χ3n) is 4.76. The number of carbonyl (C=O) groups is 2. The molecule has 3 aromatic rings. The van der Waals surface area contributed by atoms with Crippen LogP contribution < -0.4 is 5.32 Å². The quantitative estimate of drug-likeness (QED) is 0.686. The summed E-state index contributed by atoms with van der Waals surface area (Å²) in [6, 6.07) is 9.50. The van der Waals surface area contributed by atoms with Crippen molar-refractivity contribution in [3.63, 3.8) is 0 Å². The van der Waals surface area contributed by atoms with E-state index < -0.39 is 0 Å². The Morgan fingerprint density at radius 1 is 1.19 bits per heavy atom. The highest BCUT2D eigenvalue weighted by atomic mass is 79.9. The third-order valence-corrected chi connectivity index (χ3v) is 5.58. The van der Waals surface area contributed by atoms with E-state index in [2.05, 4.69) is 26.2 Å². The SMILES string of the molecule is O=C(NC1CCN(C(=O)c2ccoc2)CC1)c1[nH]c2ccccc2c1Br. The van der Waals surface area contributed by atoms with E-state index in [1.54, 1.807) is 11.0 Å². The van der Waals surface area contributed by atoms with Crippen molar-refractivity contribution in [1.29, 1.82) is 0 Å². The van der Waals surface area contributed by atoms with Gasteiger partial charge in [-0.1, -0.05) is 18.2 Å². The normalized spacial score (nSPS) is 15.3. The van der Waals surface area contributed by atoms with Gasteiger partial charge >= 0.3 is 0 Å². The van der Waals surface area contributed by atoms with Crippen LogP contribution in [0.2, 0.25) is 0 Å². The van der Waals surface area contributed by atoms with Gasteiger partial charge < -0.3 is 19.6 Å². The van der Waals surface area contributed by atoms with Crippen LogP contribution in [-0.2, 0) is 0 Å². The van der Waals surface area contributed by atoms with Gasteiger partial charge in [0.2, 0.25) is 0 Å². The number of furan rings is 1. The number of nitrogens with one attached hydrogen (secondary N) is 2. The van der Waals surface area contributed by atoms with Gasteiger partial charge in [0.25, 0.3) is 11.8 Å². The number of hydrogen-bond acceptors (Lipinski definition) is 3. The first kappa shape index (κ1) is 16.9. The molecule has 1 aliphatic rings.